The van der Waals surface area contributed by atoms with Crippen molar-refractivity contribution in [2.75, 3.05) is 18.5 Å². The molecule has 0 radical (unpaired) electrons. The number of para-hydroxylation sites is 1. The summed E-state index contributed by atoms with van der Waals surface area (Å²) in [6.07, 6.45) is 2.42. The largest absolute Gasteiger partial charge is 0.382 e. The van der Waals surface area contributed by atoms with Gasteiger partial charge in [-0.15, -0.1) is 0 Å². The van der Waals surface area contributed by atoms with Gasteiger partial charge in [-0.3, -0.25) is 9.59 Å². The Bertz CT molecular complexity index is 912. The molecular formula is C23H31BrN2O3. The molecule has 0 fully saturated rings. The van der Waals surface area contributed by atoms with E-state index in [1.807, 2.05) is 43.5 Å². The third-order valence-corrected chi connectivity index (χ3v) is 6.19. The van der Waals surface area contributed by atoms with Gasteiger partial charge in [0.25, 0.3) is 5.91 Å². The molecule has 0 saturated heterocycles. The van der Waals surface area contributed by atoms with Gasteiger partial charge in [-0.2, -0.15) is 0 Å². The highest BCUT2D eigenvalue weighted by Crippen LogP contribution is 2.24. The Labute approximate surface area is 181 Å². The molecule has 0 aliphatic carbocycles. The predicted octanol–water partition coefficient (Wildman–Crippen LogP) is 5.03. The minimum Gasteiger partial charge on any atom is -0.382 e. The zero-order valence-corrected chi connectivity index (χ0v) is 19.6. The number of benzene rings is 1. The van der Waals surface area contributed by atoms with Crippen molar-refractivity contribution < 1.29 is 9.53 Å². The Balaban J connectivity index is 2.45. The van der Waals surface area contributed by atoms with Crippen molar-refractivity contribution in [1.29, 1.82) is 0 Å². The van der Waals surface area contributed by atoms with E-state index in [4.69, 9.17) is 4.74 Å². The van der Waals surface area contributed by atoms with Crippen LogP contribution in [0, 0.1) is 13.8 Å². The Hall–Kier alpha value is -1.92. The number of halogens is 1. The van der Waals surface area contributed by atoms with E-state index in [1.165, 1.54) is 0 Å². The lowest BCUT2D eigenvalue weighted by atomic mass is 10.0. The highest BCUT2D eigenvalue weighted by atomic mass is 79.9. The van der Waals surface area contributed by atoms with Crippen LogP contribution < -0.4 is 10.7 Å². The maximum Gasteiger partial charge on any atom is 0.261 e. The van der Waals surface area contributed by atoms with Gasteiger partial charge >= 0.3 is 0 Å². The molecule has 0 unspecified atom stereocenters. The second-order valence-corrected chi connectivity index (χ2v) is 7.80. The number of amides is 1. The van der Waals surface area contributed by atoms with Crippen LogP contribution in [-0.4, -0.2) is 23.7 Å². The standard InChI is InChI=1S/C23H31BrN2O3/c1-6-17-11-9-12-18(7-2)21(17)25-23(28)19-15(4)26(13-10-14-29-8-3)16(5)20(24)22(19)27/h9,11-12H,6-8,10,13-14H2,1-5H3,(H,25,28). The molecule has 158 valence electrons. The highest BCUT2D eigenvalue weighted by Gasteiger charge is 2.22. The Morgan fingerprint density at radius 3 is 2.28 bits per heavy atom. The Morgan fingerprint density at radius 1 is 1.10 bits per heavy atom. The van der Waals surface area contributed by atoms with Gasteiger partial charge in [-0.1, -0.05) is 32.0 Å². The van der Waals surface area contributed by atoms with Crippen LogP contribution >= 0.6 is 15.9 Å². The first-order valence-electron chi connectivity index (χ1n) is 10.3. The lowest BCUT2D eigenvalue weighted by Gasteiger charge is -2.20. The van der Waals surface area contributed by atoms with E-state index in [0.29, 0.717) is 29.9 Å². The van der Waals surface area contributed by atoms with E-state index in [2.05, 4.69) is 35.1 Å². The maximum atomic E-state index is 13.2. The minimum atomic E-state index is -0.359. The zero-order chi connectivity index (χ0) is 21.6. The van der Waals surface area contributed by atoms with Crippen molar-refractivity contribution in [3.05, 3.63) is 61.0 Å². The molecule has 1 heterocycles. The van der Waals surface area contributed by atoms with Crippen LogP contribution in [0.5, 0.6) is 0 Å². The van der Waals surface area contributed by atoms with Crippen LogP contribution in [0.4, 0.5) is 5.69 Å². The zero-order valence-electron chi connectivity index (χ0n) is 18.0. The summed E-state index contributed by atoms with van der Waals surface area (Å²) in [4.78, 5) is 26.1. The third-order valence-electron chi connectivity index (χ3n) is 5.25. The Morgan fingerprint density at radius 2 is 1.72 bits per heavy atom. The molecule has 2 aromatic rings. The first-order valence-corrected chi connectivity index (χ1v) is 11.1. The van der Waals surface area contributed by atoms with E-state index >= 15 is 0 Å². The lowest BCUT2D eigenvalue weighted by Crippen LogP contribution is -2.29. The van der Waals surface area contributed by atoms with E-state index in [9.17, 15) is 9.59 Å². The monoisotopic (exact) mass is 462 g/mol. The van der Waals surface area contributed by atoms with Crippen LogP contribution in [0.1, 0.15) is 60.1 Å². The summed E-state index contributed by atoms with van der Waals surface area (Å²) in [6, 6.07) is 6.03. The van der Waals surface area contributed by atoms with Gasteiger partial charge in [0.1, 0.15) is 5.56 Å². The number of pyridine rings is 1. The van der Waals surface area contributed by atoms with Gasteiger partial charge in [-0.05, 0) is 67.1 Å². The molecule has 2 rings (SSSR count). The molecule has 1 aromatic carbocycles. The average molecular weight is 463 g/mol. The second-order valence-electron chi connectivity index (χ2n) is 7.00. The number of nitrogens with one attached hydrogen (secondary N) is 1. The summed E-state index contributed by atoms with van der Waals surface area (Å²) in [5.41, 5.74) is 4.37. The maximum absolute atomic E-state index is 13.2. The summed E-state index contributed by atoms with van der Waals surface area (Å²) in [5, 5.41) is 3.03. The molecule has 0 spiro atoms. The first kappa shape index (κ1) is 23.4. The van der Waals surface area contributed by atoms with Crippen LogP contribution in [0.25, 0.3) is 0 Å². The summed E-state index contributed by atoms with van der Waals surface area (Å²) in [7, 11) is 0. The molecule has 1 aromatic heterocycles. The van der Waals surface area contributed by atoms with E-state index in [0.717, 1.165) is 41.8 Å². The fourth-order valence-electron chi connectivity index (χ4n) is 3.59. The van der Waals surface area contributed by atoms with E-state index in [1.54, 1.807) is 0 Å². The third kappa shape index (κ3) is 5.17. The molecular weight excluding hydrogens is 432 g/mol. The van der Waals surface area contributed by atoms with E-state index < -0.39 is 0 Å². The second kappa shape index (κ2) is 10.7. The molecule has 5 nitrogen and oxygen atoms in total. The summed E-state index contributed by atoms with van der Waals surface area (Å²) < 4.78 is 7.88. The number of aryl methyl sites for hydroxylation is 2. The fourth-order valence-corrected chi connectivity index (χ4v) is 4.01. The van der Waals surface area contributed by atoms with Crippen molar-refractivity contribution in [1.82, 2.24) is 4.57 Å². The molecule has 0 bridgehead atoms. The lowest BCUT2D eigenvalue weighted by molar-refractivity contribution is 0.102. The van der Waals surface area contributed by atoms with Gasteiger partial charge in [0.05, 0.1) is 4.47 Å². The van der Waals surface area contributed by atoms with Gasteiger partial charge in [0.2, 0.25) is 5.43 Å². The smallest absolute Gasteiger partial charge is 0.261 e. The molecule has 0 aliphatic heterocycles. The van der Waals surface area contributed by atoms with Gasteiger partial charge < -0.3 is 14.6 Å². The van der Waals surface area contributed by atoms with Gasteiger partial charge in [0, 0.05) is 36.8 Å². The number of carbonyl (C=O) groups excluding carboxylic acids is 1. The van der Waals surface area contributed by atoms with E-state index in [-0.39, 0.29) is 16.9 Å². The van der Waals surface area contributed by atoms with Crippen LogP contribution in [-0.2, 0) is 24.1 Å². The van der Waals surface area contributed by atoms with Gasteiger partial charge in [-0.25, -0.2) is 0 Å². The topological polar surface area (TPSA) is 60.3 Å². The minimum absolute atomic E-state index is 0.187. The fraction of sp³-hybridized carbons (Fsp3) is 0.478. The normalized spacial score (nSPS) is 11.0. The van der Waals surface area contributed by atoms with Crippen molar-refractivity contribution in [3.8, 4) is 0 Å². The van der Waals surface area contributed by atoms with Crippen molar-refractivity contribution in [2.45, 2.75) is 60.4 Å². The number of rotatable bonds is 9. The first-order chi connectivity index (χ1) is 13.9. The van der Waals surface area contributed by atoms with Crippen LogP contribution in [0.3, 0.4) is 0 Å². The predicted molar refractivity (Wildman–Crippen MR) is 122 cm³/mol. The average Bonchev–Trinajstić information content (AvgIpc) is 2.71. The van der Waals surface area contributed by atoms with Crippen molar-refractivity contribution >= 4 is 27.5 Å². The number of anilines is 1. The molecule has 29 heavy (non-hydrogen) atoms. The highest BCUT2D eigenvalue weighted by molar-refractivity contribution is 9.10. The number of ether oxygens (including phenoxy) is 1. The van der Waals surface area contributed by atoms with Crippen LogP contribution in [0.2, 0.25) is 0 Å². The summed E-state index contributed by atoms with van der Waals surface area (Å²) >= 11 is 3.40. The molecule has 0 atom stereocenters. The van der Waals surface area contributed by atoms with Gasteiger partial charge in [0.15, 0.2) is 0 Å². The molecule has 1 amide bonds. The number of hydrogen-bond acceptors (Lipinski definition) is 3. The number of aromatic nitrogens is 1. The van der Waals surface area contributed by atoms with Crippen molar-refractivity contribution in [2.24, 2.45) is 0 Å². The quantitative estimate of drug-likeness (QED) is 0.531. The number of nitrogens with zero attached hydrogens (tertiary/aromatic N) is 1. The van der Waals surface area contributed by atoms with Crippen LogP contribution in [0.15, 0.2) is 27.5 Å². The summed E-state index contributed by atoms with van der Waals surface area (Å²) in [6.45, 7) is 11.8. The molecule has 0 aliphatic rings. The number of hydrogen-bond donors (Lipinski definition) is 1. The van der Waals surface area contributed by atoms with Crippen molar-refractivity contribution in [3.63, 3.8) is 0 Å². The molecule has 1 N–H and O–H groups in total. The SMILES string of the molecule is CCOCCCn1c(C)c(Br)c(=O)c(C(=O)Nc2c(CC)cccc2CC)c1C. The molecule has 0 saturated carbocycles. The molecule has 6 heteroatoms. The Kier molecular flexibility index (Phi) is 8.65. The number of carbonyl (C=O) groups is 1. The summed E-state index contributed by atoms with van der Waals surface area (Å²) in [5.74, 6) is -0.359.